The number of nitrogens with one attached hydrogen (secondary N) is 1. The summed E-state index contributed by atoms with van der Waals surface area (Å²) in [7, 11) is -3.59. The van der Waals surface area contributed by atoms with Crippen molar-refractivity contribution in [2.75, 3.05) is 4.72 Å². The molecule has 0 aliphatic rings. The minimum Gasteiger partial charge on any atom is -0.339 e. The van der Waals surface area contributed by atoms with Crippen LogP contribution in [0.3, 0.4) is 0 Å². The molecule has 3 rings (SSSR count). The molecule has 0 amide bonds. The van der Waals surface area contributed by atoms with E-state index in [1.165, 1.54) is 5.56 Å². The Morgan fingerprint density at radius 3 is 2.19 bits per heavy atom. The molecule has 0 fully saturated rings. The van der Waals surface area contributed by atoms with Gasteiger partial charge in [-0.15, -0.1) is 0 Å². The quantitative estimate of drug-likeness (QED) is 0.674. The molecule has 0 unspecified atom stereocenters. The Bertz CT molecular complexity index is 953. The number of sulfonamides is 1. The van der Waals surface area contributed by atoms with Gasteiger partial charge in [0, 0.05) is 11.1 Å². The minimum atomic E-state index is -3.59. The molecule has 3 aromatic rings. The van der Waals surface area contributed by atoms with Crippen LogP contribution in [0, 0.1) is 6.92 Å². The van der Waals surface area contributed by atoms with E-state index in [2.05, 4.69) is 22.2 Å². The lowest BCUT2D eigenvalue weighted by molar-refractivity contribution is -0.686. The molecule has 5 heteroatoms. The van der Waals surface area contributed by atoms with Crippen LogP contribution < -0.4 is 10.0 Å². The summed E-state index contributed by atoms with van der Waals surface area (Å²) in [5.74, 6) is 0. The van der Waals surface area contributed by atoms with Crippen LogP contribution in [-0.2, 0) is 23.1 Å². The maximum atomic E-state index is 12.6. The van der Waals surface area contributed by atoms with Gasteiger partial charge in [-0.05, 0) is 25.1 Å². The first-order valence-corrected chi connectivity index (χ1v) is 10.1. The number of quaternary nitrogens is 1. The van der Waals surface area contributed by atoms with Crippen molar-refractivity contribution in [1.29, 1.82) is 0 Å². The summed E-state index contributed by atoms with van der Waals surface area (Å²) in [4.78, 5) is 0.270. The van der Waals surface area contributed by atoms with E-state index in [-0.39, 0.29) is 4.90 Å². The van der Waals surface area contributed by atoms with Crippen LogP contribution in [0.4, 0.5) is 5.69 Å². The van der Waals surface area contributed by atoms with E-state index >= 15 is 0 Å². The smallest absolute Gasteiger partial charge is 0.261 e. The van der Waals surface area contributed by atoms with Crippen molar-refractivity contribution in [2.24, 2.45) is 0 Å². The van der Waals surface area contributed by atoms with E-state index in [1.807, 2.05) is 43.3 Å². The highest BCUT2D eigenvalue weighted by molar-refractivity contribution is 7.92. The van der Waals surface area contributed by atoms with Gasteiger partial charge in [0.25, 0.3) is 10.0 Å². The van der Waals surface area contributed by atoms with E-state index < -0.39 is 10.0 Å². The Labute approximate surface area is 155 Å². The van der Waals surface area contributed by atoms with Gasteiger partial charge < -0.3 is 5.32 Å². The number of rotatable bonds is 7. The Morgan fingerprint density at radius 2 is 1.46 bits per heavy atom. The monoisotopic (exact) mass is 367 g/mol. The molecule has 3 N–H and O–H groups in total. The topological polar surface area (TPSA) is 62.8 Å². The predicted molar refractivity (Wildman–Crippen MR) is 104 cm³/mol. The molecule has 0 aliphatic heterocycles. The summed E-state index contributed by atoms with van der Waals surface area (Å²) in [6.07, 6.45) is 0. The fourth-order valence-corrected chi connectivity index (χ4v) is 3.83. The number of nitrogens with two attached hydrogens (primary N) is 1. The third kappa shape index (κ3) is 4.71. The van der Waals surface area contributed by atoms with Crippen molar-refractivity contribution >= 4 is 15.7 Å². The second-order valence-corrected chi connectivity index (χ2v) is 7.94. The van der Waals surface area contributed by atoms with E-state index in [9.17, 15) is 8.42 Å². The van der Waals surface area contributed by atoms with Gasteiger partial charge in [0.2, 0.25) is 0 Å². The highest BCUT2D eigenvalue weighted by Gasteiger charge is 2.16. The average Bonchev–Trinajstić information content (AvgIpc) is 2.64. The molecule has 134 valence electrons. The molecule has 0 spiro atoms. The first-order chi connectivity index (χ1) is 12.5. The standard InChI is InChI=1S/C21H22N2O2S/c1-17-11-13-20(14-12-17)26(24,25)23-21-10-6-5-9-19(21)16-22-15-18-7-3-2-4-8-18/h2-14,22-23H,15-16H2,1H3/p+1. The molecule has 26 heavy (non-hydrogen) atoms. The molecular weight excluding hydrogens is 344 g/mol. The van der Waals surface area contributed by atoms with Crippen LogP contribution in [0.1, 0.15) is 16.7 Å². The van der Waals surface area contributed by atoms with E-state index in [1.54, 1.807) is 30.3 Å². The van der Waals surface area contributed by atoms with Gasteiger partial charge in [0.1, 0.15) is 13.1 Å². The van der Waals surface area contributed by atoms with Crippen LogP contribution in [0.2, 0.25) is 0 Å². The third-order valence-corrected chi connectivity index (χ3v) is 5.56. The SMILES string of the molecule is Cc1ccc(S(=O)(=O)Nc2ccccc2C[NH2+]Cc2ccccc2)cc1. The lowest BCUT2D eigenvalue weighted by Crippen LogP contribution is -2.80. The number of para-hydroxylation sites is 1. The highest BCUT2D eigenvalue weighted by atomic mass is 32.2. The van der Waals surface area contributed by atoms with Gasteiger partial charge >= 0.3 is 0 Å². The zero-order chi connectivity index (χ0) is 18.4. The molecule has 0 saturated carbocycles. The maximum Gasteiger partial charge on any atom is 0.261 e. The zero-order valence-corrected chi connectivity index (χ0v) is 15.5. The second-order valence-electron chi connectivity index (χ2n) is 6.26. The second kappa shape index (κ2) is 8.17. The zero-order valence-electron chi connectivity index (χ0n) is 14.7. The van der Waals surface area contributed by atoms with Gasteiger partial charge in [-0.3, -0.25) is 4.72 Å². The highest BCUT2D eigenvalue weighted by Crippen LogP contribution is 2.19. The van der Waals surface area contributed by atoms with Crippen LogP contribution in [0.5, 0.6) is 0 Å². The lowest BCUT2D eigenvalue weighted by atomic mass is 10.1. The largest absolute Gasteiger partial charge is 0.339 e. The Balaban J connectivity index is 1.71. The first-order valence-electron chi connectivity index (χ1n) is 8.57. The van der Waals surface area contributed by atoms with Crippen molar-refractivity contribution in [3.8, 4) is 0 Å². The van der Waals surface area contributed by atoms with Crippen LogP contribution >= 0.6 is 0 Å². The molecular formula is C21H23N2O2S+. The molecule has 0 bridgehead atoms. The molecule has 4 nitrogen and oxygen atoms in total. The summed E-state index contributed by atoms with van der Waals surface area (Å²) >= 11 is 0. The normalized spacial score (nSPS) is 11.3. The summed E-state index contributed by atoms with van der Waals surface area (Å²) in [5, 5.41) is 2.16. The summed E-state index contributed by atoms with van der Waals surface area (Å²) in [6.45, 7) is 3.48. The Morgan fingerprint density at radius 1 is 0.808 bits per heavy atom. The number of benzene rings is 3. The third-order valence-electron chi connectivity index (χ3n) is 4.18. The Hall–Kier alpha value is -2.63. The summed E-state index contributed by atoms with van der Waals surface area (Å²) < 4.78 is 28.0. The van der Waals surface area contributed by atoms with Gasteiger partial charge in [-0.25, -0.2) is 8.42 Å². The van der Waals surface area contributed by atoms with E-state index in [0.29, 0.717) is 12.2 Å². The van der Waals surface area contributed by atoms with E-state index in [0.717, 1.165) is 17.7 Å². The van der Waals surface area contributed by atoms with Crippen LogP contribution in [-0.4, -0.2) is 8.42 Å². The van der Waals surface area contributed by atoms with Gasteiger partial charge in [-0.1, -0.05) is 66.2 Å². The molecule has 3 aromatic carbocycles. The molecule has 0 heterocycles. The fourth-order valence-electron chi connectivity index (χ4n) is 2.73. The van der Waals surface area contributed by atoms with Crippen molar-refractivity contribution in [3.63, 3.8) is 0 Å². The molecule has 0 aromatic heterocycles. The van der Waals surface area contributed by atoms with E-state index in [4.69, 9.17) is 0 Å². The molecule has 0 aliphatic carbocycles. The summed E-state index contributed by atoms with van der Waals surface area (Å²) in [6, 6.07) is 24.6. The van der Waals surface area contributed by atoms with Crippen molar-refractivity contribution in [2.45, 2.75) is 24.9 Å². The molecule has 0 atom stereocenters. The average molecular weight is 367 g/mol. The minimum absolute atomic E-state index is 0.270. The van der Waals surface area contributed by atoms with Gasteiger partial charge in [-0.2, -0.15) is 0 Å². The van der Waals surface area contributed by atoms with Crippen LogP contribution in [0.25, 0.3) is 0 Å². The molecule has 0 saturated heterocycles. The maximum absolute atomic E-state index is 12.6. The Kier molecular flexibility index (Phi) is 5.71. The van der Waals surface area contributed by atoms with Crippen molar-refractivity contribution in [3.05, 3.63) is 95.6 Å². The predicted octanol–water partition coefficient (Wildman–Crippen LogP) is 3.06. The van der Waals surface area contributed by atoms with Crippen molar-refractivity contribution < 1.29 is 13.7 Å². The van der Waals surface area contributed by atoms with Gasteiger partial charge in [0.05, 0.1) is 10.6 Å². The summed E-state index contributed by atoms with van der Waals surface area (Å²) in [5.41, 5.74) is 3.85. The van der Waals surface area contributed by atoms with Crippen molar-refractivity contribution in [1.82, 2.24) is 0 Å². The fraction of sp³-hybridized carbons (Fsp3) is 0.143. The lowest BCUT2D eigenvalue weighted by Gasteiger charge is -2.12. The number of hydrogen-bond donors (Lipinski definition) is 2. The number of aryl methyl sites for hydroxylation is 1. The number of anilines is 1. The molecule has 0 radical (unpaired) electrons. The first kappa shape index (κ1) is 18.2. The number of hydrogen-bond acceptors (Lipinski definition) is 2. The van der Waals surface area contributed by atoms with Gasteiger partial charge in [0.15, 0.2) is 0 Å². The van der Waals surface area contributed by atoms with Crippen LogP contribution in [0.15, 0.2) is 83.8 Å².